The number of anilines is 1. The van der Waals surface area contributed by atoms with Crippen LogP contribution in [0.5, 0.6) is 17.2 Å². The third kappa shape index (κ3) is 6.20. The summed E-state index contributed by atoms with van der Waals surface area (Å²) in [6.45, 7) is 1.29. The Balaban J connectivity index is 2.02. The standard InChI is InChI=1S/C22H14F7N3O4/c1-10-8-12(36-22(27,28)29)2-4-15(10)35-16-5-3-13(21(24,25)26)18(23)17(16)20(34)32-11-6-7-31-14(9-11)19(30)33/h2-9H,1H3,(H2,30,33)(H,31,32,34). The van der Waals surface area contributed by atoms with E-state index in [4.69, 9.17) is 10.5 Å². The van der Waals surface area contributed by atoms with E-state index in [0.717, 1.165) is 30.5 Å². The van der Waals surface area contributed by atoms with Gasteiger partial charge >= 0.3 is 12.5 Å². The van der Waals surface area contributed by atoms with Crippen molar-refractivity contribution in [1.29, 1.82) is 0 Å². The maximum Gasteiger partial charge on any atom is 0.573 e. The van der Waals surface area contributed by atoms with Gasteiger partial charge < -0.3 is 20.5 Å². The minimum absolute atomic E-state index is 0.0312. The van der Waals surface area contributed by atoms with E-state index in [2.05, 4.69) is 15.0 Å². The van der Waals surface area contributed by atoms with Gasteiger partial charge in [0.1, 0.15) is 28.5 Å². The molecular formula is C22H14F7N3O4. The molecule has 190 valence electrons. The minimum Gasteiger partial charge on any atom is -0.456 e. The smallest absolute Gasteiger partial charge is 0.456 e. The van der Waals surface area contributed by atoms with Crippen LogP contribution in [-0.2, 0) is 6.18 Å². The number of aromatic nitrogens is 1. The van der Waals surface area contributed by atoms with Gasteiger partial charge in [0, 0.05) is 11.9 Å². The second-order valence-electron chi connectivity index (χ2n) is 7.12. The molecule has 0 saturated heterocycles. The number of carbonyl (C=O) groups excluding carboxylic acids is 2. The zero-order valence-electron chi connectivity index (χ0n) is 17.9. The fourth-order valence-electron chi connectivity index (χ4n) is 2.96. The van der Waals surface area contributed by atoms with Gasteiger partial charge in [-0.3, -0.25) is 14.6 Å². The molecule has 0 atom stereocenters. The number of primary amides is 1. The summed E-state index contributed by atoms with van der Waals surface area (Å²) in [5, 5.41) is 2.13. The van der Waals surface area contributed by atoms with Crippen molar-refractivity contribution in [2.24, 2.45) is 5.73 Å². The molecule has 0 aliphatic rings. The number of hydrogen-bond acceptors (Lipinski definition) is 5. The molecule has 3 aromatic rings. The summed E-state index contributed by atoms with van der Waals surface area (Å²) in [7, 11) is 0. The summed E-state index contributed by atoms with van der Waals surface area (Å²) < 4.78 is 101. The van der Waals surface area contributed by atoms with Crippen molar-refractivity contribution in [2.45, 2.75) is 19.5 Å². The zero-order chi connectivity index (χ0) is 26.8. The van der Waals surface area contributed by atoms with E-state index >= 15 is 0 Å². The van der Waals surface area contributed by atoms with Crippen LogP contribution >= 0.6 is 0 Å². The fraction of sp³-hybridized carbons (Fsp3) is 0.136. The van der Waals surface area contributed by atoms with Crippen LogP contribution in [0.3, 0.4) is 0 Å². The lowest BCUT2D eigenvalue weighted by Gasteiger charge is -2.17. The van der Waals surface area contributed by atoms with Gasteiger partial charge in [0.05, 0.1) is 5.56 Å². The average Bonchev–Trinajstić information content (AvgIpc) is 2.73. The Labute approximate surface area is 197 Å². The second kappa shape index (κ2) is 9.71. The highest BCUT2D eigenvalue weighted by atomic mass is 19.4. The van der Waals surface area contributed by atoms with E-state index in [1.165, 1.54) is 13.0 Å². The van der Waals surface area contributed by atoms with Crippen LogP contribution in [0.1, 0.15) is 32.0 Å². The molecule has 2 aromatic carbocycles. The van der Waals surface area contributed by atoms with Crippen LogP contribution in [0.4, 0.5) is 36.4 Å². The largest absolute Gasteiger partial charge is 0.573 e. The van der Waals surface area contributed by atoms with Gasteiger partial charge in [-0.05, 0) is 55.0 Å². The third-order valence-electron chi connectivity index (χ3n) is 4.51. The maximum absolute atomic E-state index is 15.0. The van der Waals surface area contributed by atoms with Crippen LogP contribution < -0.4 is 20.5 Å². The van der Waals surface area contributed by atoms with Crippen molar-refractivity contribution in [1.82, 2.24) is 4.98 Å². The van der Waals surface area contributed by atoms with Crippen LogP contribution in [0, 0.1) is 12.7 Å². The van der Waals surface area contributed by atoms with Gasteiger partial charge in [-0.2, -0.15) is 13.2 Å². The molecule has 0 fully saturated rings. The van der Waals surface area contributed by atoms with Crippen molar-refractivity contribution >= 4 is 17.5 Å². The molecule has 0 saturated carbocycles. The topological polar surface area (TPSA) is 104 Å². The molecule has 3 N–H and O–H groups in total. The molecule has 1 heterocycles. The number of nitrogens with zero attached hydrogens (tertiary/aromatic N) is 1. The summed E-state index contributed by atoms with van der Waals surface area (Å²) in [4.78, 5) is 27.7. The molecule has 2 amide bonds. The number of nitrogens with one attached hydrogen (secondary N) is 1. The van der Waals surface area contributed by atoms with Crippen LogP contribution in [-0.4, -0.2) is 23.2 Å². The lowest BCUT2D eigenvalue weighted by atomic mass is 10.1. The maximum atomic E-state index is 15.0. The highest BCUT2D eigenvalue weighted by Gasteiger charge is 2.37. The molecular weight excluding hydrogens is 503 g/mol. The monoisotopic (exact) mass is 517 g/mol. The number of rotatable bonds is 6. The quantitative estimate of drug-likeness (QED) is 0.415. The first-order chi connectivity index (χ1) is 16.7. The van der Waals surface area contributed by atoms with Crippen molar-refractivity contribution in [3.8, 4) is 17.2 Å². The Hall–Kier alpha value is -4.36. The fourth-order valence-corrected chi connectivity index (χ4v) is 2.96. The zero-order valence-corrected chi connectivity index (χ0v) is 17.9. The number of benzene rings is 2. The molecule has 0 spiro atoms. The number of hydrogen-bond donors (Lipinski definition) is 2. The van der Waals surface area contributed by atoms with E-state index < -0.39 is 52.8 Å². The molecule has 0 aliphatic heterocycles. The van der Waals surface area contributed by atoms with Crippen LogP contribution in [0.25, 0.3) is 0 Å². The van der Waals surface area contributed by atoms with E-state index in [1.807, 2.05) is 0 Å². The van der Waals surface area contributed by atoms with Gasteiger partial charge in [0.2, 0.25) is 0 Å². The van der Waals surface area contributed by atoms with Crippen molar-refractivity contribution < 1.29 is 49.8 Å². The second-order valence-corrected chi connectivity index (χ2v) is 7.12. The van der Waals surface area contributed by atoms with Crippen molar-refractivity contribution in [3.63, 3.8) is 0 Å². The normalized spacial score (nSPS) is 11.7. The number of nitrogens with two attached hydrogens (primary N) is 1. The molecule has 36 heavy (non-hydrogen) atoms. The number of pyridine rings is 1. The average molecular weight is 517 g/mol. The van der Waals surface area contributed by atoms with Gasteiger partial charge in [-0.15, -0.1) is 13.2 Å². The SMILES string of the molecule is Cc1cc(OC(F)(F)F)ccc1Oc1ccc(C(F)(F)F)c(F)c1C(=O)Nc1ccnc(C(N)=O)c1. The van der Waals surface area contributed by atoms with Crippen molar-refractivity contribution in [3.05, 3.63) is 76.9 Å². The molecule has 14 heteroatoms. The molecule has 3 rings (SSSR count). The van der Waals surface area contributed by atoms with Gasteiger partial charge in [-0.1, -0.05) is 0 Å². The number of carbonyl (C=O) groups is 2. The lowest BCUT2D eigenvalue weighted by Crippen LogP contribution is -2.19. The Bertz CT molecular complexity index is 1320. The third-order valence-corrected chi connectivity index (χ3v) is 4.51. The molecule has 0 radical (unpaired) electrons. The first-order valence-electron chi connectivity index (χ1n) is 9.67. The summed E-state index contributed by atoms with van der Waals surface area (Å²) in [5.41, 5.74) is 1.78. The van der Waals surface area contributed by atoms with Gasteiger partial charge in [0.15, 0.2) is 5.82 Å². The Kier molecular flexibility index (Phi) is 7.08. The van der Waals surface area contributed by atoms with E-state index in [0.29, 0.717) is 12.1 Å². The molecule has 0 unspecified atom stereocenters. The first kappa shape index (κ1) is 26.2. The predicted molar refractivity (Wildman–Crippen MR) is 110 cm³/mol. The first-order valence-corrected chi connectivity index (χ1v) is 9.67. The number of amides is 2. The molecule has 7 nitrogen and oxygen atoms in total. The van der Waals surface area contributed by atoms with E-state index in [9.17, 15) is 40.3 Å². The Morgan fingerprint density at radius 3 is 2.22 bits per heavy atom. The number of alkyl halides is 6. The van der Waals surface area contributed by atoms with Gasteiger partial charge in [-0.25, -0.2) is 4.39 Å². The lowest BCUT2D eigenvalue weighted by molar-refractivity contribution is -0.274. The minimum atomic E-state index is -5.17. The van der Waals surface area contributed by atoms with E-state index in [1.54, 1.807) is 0 Å². The highest BCUT2D eigenvalue weighted by molar-refractivity contribution is 6.07. The molecule has 0 bridgehead atoms. The number of halogens is 7. The summed E-state index contributed by atoms with van der Waals surface area (Å²) in [6, 6.07) is 5.98. The summed E-state index contributed by atoms with van der Waals surface area (Å²) >= 11 is 0. The Morgan fingerprint density at radius 1 is 0.972 bits per heavy atom. The van der Waals surface area contributed by atoms with E-state index in [-0.39, 0.29) is 22.7 Å². The number of aryl methyl sites for hydroxylation is 1. The summed E-state index contributed by atoms with van der Waals surface area (Å²) in [6.07, 6.45) is -9.07. The highest BCUT2D eigenvalue weighted by Crippen LogP contribution is 2.38. The van der Waals surface area contributed by atoms with Gasteiger partial charge in [0.25, 0.3) is 11.8 Å². The molecule has 1 aromatic heterocycles. The Morgan fingerprint density at radius 2 is 1.64 bits per heavy atom. The van der Waals surface area contributed by atoms with Crippen LogP contribution in [0.2, 0.25) is 0 Å². The predicted octanol–water partition coefficient (Wildman–Crippen LogP) is 5.59. The number of ether oxygens (including phenoxy) is 2. The van der Waals surface area contributed by atoms with Crippen LogP contribution in [0.15, 0.2) is 48.7 Å². The summed E-state index contributed by atoms with van der Waals surface area (Å²) in [5.74, 6) is -5.78. The van der Waals surface area contributed by atoms with Crippen molar-refractivity contribution in [2.75, 3.05) is 5.32 Å². The molecule has 0 aliphatic carbocycles.